The highest BCUT2D eigenvalue weighted by Gasteiger charge is 2.41. The van der Waals surface area contributed by atoms with Crippen molar-refractivity contribution in [3.05, 3.63) is 95.3 Å². The molecule has 3 aromatic rings. The number of urea groups is 1. The van der Waals surface area contributed by atoms with Crippen LogP contribution in [-0.4, -0.2) is 113 Å². The van der Waals surface area contributed by atoms with Crippen molar-refractivity contribution < 1.29 is 38.9 Å². The van der Waals surface area contributed by atoms with E-state index in [9.17, 15) is 29.4 Å². The number of aliphatic hydroxyl groups excluding tert-OH is 2. The molecule has 4 rings (SSSR count). The molecule has 15 heteroatoms. The molecule has 5 amide bonds. The molecule has 2 heterocycles. The van der Waals surface area contributed by atoms with Crippen molar-refractivity contribution in [3.63, 3.8) is 0 Å². The lowest BCUT2D eigenvalue weighted by Gasteiger charge is -2.35. The third kappa shape index (κ3) is 13.4. The average molecular weight is 790 g/mol. The summed E-state index contributed by atoms with van der Waals surface area (Å²) in [6.07, 6.45) is -0.805. The molecule has 1 aliphatic heterocycles. The number of hydrogen-bond donors (Lipinski definition) is 5. The summed E-state index contributed by atoms with van der Waals surface area (Å²) in [5, 5.41) is 28.9. The van der Waals surface area contributed by atoms with Gasteiger partial charge in [-0.05, 0) is 53.1 Å². The molecule has 0 aliphatic carbocycles. The van der Waals surface area contributed by atoms with Gasteiger partial charge in [0.1, 0.15) is 11.8 Å². The maximum Gasteiger partial charge on any atom is 0.406 e. The highest BCUT2D eigenvalue weighted by Crippen LogP contribution is 2.24. The van der Waals surface area contributed by atoms with Crippen LogP contribution in [0.3, 0.4) is 0 Å². The van der Waals surface area contributed by atoms with Crippen molar-refractivity contribution in [1.29, 1.82) is 0 Å². The molecular formula is C42H59N7O8. The third-order valence-electron chi connectivity index (χ3n) is 10.1. The van der Waals surface area contributed by atoms with E-state index in [4.69, 9.17) is 4.74 Å². The third-order valence-corrected chi connectivity index (χ3v) is 10.1. The normalized spacial score (nSPS) is 15.1. The van der Waals surface area contributed by atoms with Crippen LogP contribution in [0.25, 0.3) is 0 Å². The van der Waals surface area contributed by atoms with Crippen molar-refractivity contribution in [2.24, 2.45) is 11.3 Å². The first-order valence-corrected chi connectivity index (χ1v) is 19.4. The first-order chi connectivity index (χ1) is 27.2. The molecule has 57 heavy (non-hydrogen) atoms. The van der Waals surface area contributed by atoms with Crippen molar-refractivity contribution in [1.82, 2.24) is 35.9 Å². The fourth-order valence-corrected chi connectivity index (χ4v) is 6.81. The summed E-state index contributed by atoms with van der Waals surface area (Å²) in [5.74, 6) is -0.251. The number of nitrogens with zero attached hydrogens (tertiary/aromatic N) is 4. The minimum atomic E-state index is -1.17. The van der Waals surface area contributed by atoms with Crippen molar-refractivity contribution in [2.75, 3.05) is 40.4 Å². The number of carbonyl (C=O) groups excluding carboxylic acids is 4. The summed E-state index contributed by atoms with van der Waals surface area (Å²) >= 11 is 0. The Hall–Kier alpha value is -5.25. The largest absolute Gasteiger partial charge is 0.497 e. The SMILES string of the molecule is CCC(C)C(C(=O)NC(Cc1ccccc1)C(O)CN(Cc1ccc(OC)cc1)NC(=O)CC(C)(C)CNC(=O)OC)N1CCN(Cc2cccc(CO)n2)C1=O. The van der Waals surface area contributed by atoms with Crippen molar-refractivity contribution >= 4 is 23.9 Å². The van der Waals surface area contributed by atoms with E-state index in [1.165, 1.54) is 7.11 Å². The smallest absolute Gasteiger partial charge is 0.406 e. The molecule has 4 atom stereocenters. The lowest BCUT2D eigenvalue weighted by Crippen LogP contribution is -2.58. The van der Waals surface area contributed by atoms with Gasteiger partial charge in [-0.1, -0.05) is 82.6 Å². The average Bonchev–Trinajstić information content (AvgIpc) is 3.55. The monoisotopic (exact) mass is 789 g/mol. The summed E-state index contributed by atoms with van der Waals surface area (Å²) in [6, 6.07) is 20.2. The summed E-state index contributed by atoms with van der Waals surface area (Å²) in [4.78, 5) is 61.2. The Bertz CT molecular complexity index is 1760. The molecule has 2 aromatic carbocycles. The van der Waals surface area contributed by atoms with Crippen LogP contribution in [0.2, 0.25) is 0 Å². The summed E-state index contributed by atoms with van der Waals surface area (Å²) in [5.41, 5.74) is 5.20. The lowest BCUT2D eigenvalue weighted by atomic mass is 9.89. The fraction of sp³-hybridized carbons (Fsp3) is 0.500. The minimum absolute atomic E-state index is 0.0524. The maximum atomic E-state index is 14.4. The Kier molecular flexibility index (Phi) is 16.6. The molecule has 4 unspecified atom stereocenters. The molecule has 5 N–H and O–H groups in total. The van der Waals surface area contributed by atoms with Gasteiger partial charge in [-0.3, -0.25) is 20.0 Å². The molecule has 1 saturated heterocycles. The standard InChI is InChI=1S/C42H59N7O8/c1-7-29(2)38(49-21-20-47(41(49)55)25-32-14-11-15-33(27-50)44-32)39(53)45-35(22-30-12-9-8-10-13-30)36(51)26-48(24-31-16-18-34(56-5)19-17-31)46-37(52)23-42(3,4)28-43-40(54)57-6/h8-19,29,35-36,38,50-51H,7,20-28H2,1-6H3,(H,43,54)(H,45,53)(H,46,52). The van der Waals surface area contributed by atoms with E-state index in [1.54, 1.807) is 40.1 Å². The number of carbonyl (C=O) groups is 4. The van der Waals surface area contributed by atoms with E-state index in [0.29, 0.717) is 36.6 Å². The predicted octanol–water partition coefficient (Wildman–Crippen LogP) is 3.63. The number of methoxy groups -OCH3 is 2. The van der Waals surface area contributed by atoms with Crippen molar-refractivity contribution in [3.8, 4) is 5.75 Å². The second-order valence-electron chi connectivity index (χ2n) is 15.3. The van der Waals surface area contributed by atoms with Gasteiger partial charge in [0.05, 0.1) is 50.9 Å². The minimum Gasteiger partial charge on any atom is -0.497 e. The fourth-order valence-electron chi connectivity index (χ4n) is 6.81. The number of hydrazine groups is 1. The van der Waals surface area contributed by atoms with Crippen LogP contribution in [-0.2, 0) is 40.4 Å². The second kappa shape index (κ2) is 21.3. The van der Waals surface area contributed by atoms with Crippen LogP contribution in [0.1, 0.15) is 63.1 Å². The van der Waals surface area contributed by atoms with Crippen LogP contribution in [0, 0.1) is 11.3 Å². The number of aliphatic hydroxyl groups is 2. The quantitative estimate of drug-likeness (QED) is 0.0999. The highest BCUT2D eigenvalue weighted by atomic mass is 16.5. The molecule has 0 spiro atoms. The molecule has 1 aliphatic rings. The molecule has 1 fully saturated rings. The van der Waals surface area contributed by atoms with Gasteiger partial charge in [0.2, 0.25) is 11.8 Å². The number of benzene rings is 2. The maximum absolute atomic E-state index is 14.4. The van der Waals surface area contributed by atoms with Crippen LogP contribution >= 0.6 is 0 Å². The zero-order chi connectivity index (χ0) is 41.5. The van der Waals surface area contributed by atoms with Gasteiger partial charge in [-0.2, -0.15) is 0 Å². The van der Waals surface area contributed by atoms with Gasteiger partial charge in [0, 0.05) is 39.1 Å². The van der Waals surface area contributed by atoms with Gasteiger partial charge < -0.3 is 40.1 Å². The van der Waals surface area contributed by atoms with Crippen molar-refractivity contribution in [2.45, 2.75) is 84.8 Å². The van der Waals surface area contributed by atoms with Gasteiger partial charge >= 0.3 is 12.1 Å². The van der Waals surface area contributed by atoms with Gasteiger partial charge in [0.25, 0.3) is 0 Å². The number of rotatable bonds is 21. The van der Waals surface area contributed by atoms with Crippen LogP contribution < -0.4 is 20.8 Å². The highest BCUT2D eigenvalue weighted by molar-refractivity contribution is 5.88. The van der Waals surface area contributed by atoms with Gasteiger partial charge in [-0.15, -0.1) is 0 Å². The van der Waals surface area contributed by atoms with E-state index in [1.807, 2.05) is 82.3 Å². The molecule has 0 saturated carbocycles. The number of alkyl carbamates (subject to hydrolysis) is 1. The molecule has 310 valence electrons. The number of hydrogen-bond acceptors (Lipinski definition) is 10. The number of ether oxygens (including phenoxy) is 2. The molecule has 15 nitrogen and oxygen atoms in total. The molecule has 0 radical (unpaired) electrons. The predicted molar refractivity (Wildman–Crippen MR) is 214 cm³/mol. The zero-order valence-electron chi connectivity index (χ0n) is 33.9. The number of amides is 5. The van der Waals surface area contributed by atoms with Crippen LogP contribution in [0.4, 0.5) is 9.59 Å². The number of aromatic nitrogens is 1. The summed E-state index contributed by atoms with van der Waals surface area (Å²) < 4.78 is 10.00. The summed E-state index contributed by atoms with van der Waals surface area (Å²) in [6.45, 7) is 8.73. The Morgan fingerprint density at radius 3 is 2.32 bits per heavy atom. The number of nitrogens with one attached hydrogen (secondary N) is 3. The molecule has 1 aromatic heterocycles. The van der Waals surface area contributed by atoms with E-state index in [0.717, 1.165) is 11.1 Å². The van der Waals surface area contributed by atoms with E-state index in [2.05, 4.69) is 25.8 Å². The zero-order valence-corrected chi connectivity index (χ0v) is 33.9. The van der Waals surface area contributed by atoms with Gasteiger partial charge in [0.15, 0.2) is 0 Å². The topological polar surface area (TPSA) is 186 Å². The van der Waals surface area contributed by atoms with E-state index >= 15 is 0 Å². The Morgan fingerprint density at radius 1 is 0.965 bits per heavy atom. The first kappa shape index (κ1) is 44.5. The van der Waals surface area contributed by atoms with Crippen LogP contribution in [0.15, 0.2) is 72.8 Å². The second-order valence-corrected chi connectivity index (χ2v) is 15.3. The molecular weight excluding hydrogens is 731 g/mol. The van der Waals surface area contributed by atoms with E-state index < -0.39 is 29.7 Å². The molecule has 0 bridgehead atoms. The first-order valence-electron chi connectivity index (χ1n) is 19.4. The van der Waals surface area contributed by atoms with E-state index in [-0.39, 0.29) is 69.4 Å². The Balaban J connectivity index is 1.56. The van der Waals surface area contributed by atoms with Crippen LogP contribution in [0.5, 0.6) is 5.75 Å². The lowest BCUT2D eigenvalue weighted by molar-refractivity contribution is -0.131. The van der Waals surface area contributed by atoms with Gasteiger partial charge in [-0.25, -0.2) is 14.6 Å². The Labute approximate surface area is 335 Å². The Morgan fingerprint density at radius 2 is 1.67 bits per heavy atom. The summed E-state index contributed by atoms with van der Waals surface area (Å²) in [7, 11) is 2.85. The number of pyridine rings is 1.